The van der Waals surface area contributed by atoms with Gasteiger partial charge in [0.2, 0.25) is 0 Å². The Morgan fingerprint density at radius 3 is 2.35 bits per heavy atom. The third-order valence-corrected chi connectivity index (χ3v) is 3.60. The molecule has 5 heteroatoms. The van der Waals surface area contributed by atoms with Gasteiger partial charge in [0.1, 0.15) is 0 Å². The van der Waals surface area contributed by atoms with Gasteiger partial charge in [-0.05, 0) is 55.8 Å². The number of aryl methyl sites for hydroxylation is 2. The molecular formula is C18H23N3O2. The largest absolute Gasteiger partial charge is 0.395 e. The minimum atomic E-state index is -0.103. The first kappa shape index (κ1) is 17.0. The Kier molecular flexibility index (Phi) is 5.71. The molecule has 2 rings (SSSR count). The van der Waals surface area contributed by atoms with Crippen LogP contribution in [0.2, 0.25) is 0 Å². The number of likely N-dealkylation sites (N-methyl/N-ethyl adjacent to an activating group) is 1. The average molecular weight is 313 g/mol. The van der Waals surface area contributed by atoms with E-state index >= 15 is 0 Å². The molecule has 1 aromatic carbocycles. The summed E-state index contributed by atoms with van der Waals surface area (Å²) in [5.74, 6) is -0.103. The van der Waals surface area contributed by atoms with Crippen molar-refractivity contribution in [1.29, 1.82) is 0 Å². The predicted octanol–water partition coefficient (Wildman–Crippen LogP) is 2.06. The highest BCUT2D eigenvalue weighted by atomic mass is 16.3. The van der Waals surface area contributed by atoms with Gasteiger partial charge in [0.05, 0.1) is 6.61 Å². The molecule has 5 nitrogen and oxygen atoms in total. The number of aromatic nitrogens is 1. The number of aliphatic hydroxyl groups excluding tert-OH is 1. The summed E-state index contributed by atoms with van der Waals surface area (Å²) in [7, 11) is 1.90. The summed E-state index contributed by atoms with van der Waals surface area (Å²) in [6, 6.07) is 11.3. The fraction of sp³-hybridized carbons (Fsp3) is 0.333. The van der Waals surface area contributed by atoms with Crippen molar-refractivity contribution in [2.24, 2.45) is 0 Å². The lowest BCUT2D eigenvalue weighted by molar-refractivity contribution is 0.0951. The zero-order chi connectivity index (χ0) is 16.8. The van der Waals surface area contributed by atoms with Crippen LogP contribution in [0, 0.1) is 13.8 Å². The van der Waals surface area contributed by atoms with E-state index in [0.717, 1.165) is 22.6 Å². The van der Waals surface area contributed by atoms with Crippen LogP contribution in [0.15, 0.2) is 36.4 Å². The molecule has 0 bridgehead atoms. The molecule has 1 amide bonds. The fourth-order valence-electron chi connectivity index (χ4n) is 2.45. The van der Waals surface area contributed by atoms with Crippen LogP contribution in [-0.4, -0.2) is 36.2 Å². The number of nitrogens with zero attached hydrogens (tertiary/aromatic N) is 2. The number of aliphatic hydroxyl groups is 1. The number of carbonyl (C=O) groups is 1. The summed E-state index contributed by atoms with van der Waals surface area (Å²) in [6.07, 6.45) is 0. The second kappa shape index (κ2) is 7.74. The maximum Gasteiger partial charge on any atom is 0.251 e. The number of hydrogen-bond donors (Lipinski definition) is 2. The average Bonchev–Trinajstić information content (AvgIpc) is 2.52. The Hall–Kier alpha value is -2.40. The number of anilines is 1. The second-order valence-electron chi connectivity index (χ2n) is 5.63. The molecule has 122 valence electrons. The van der Waals surface area contributed by atoms with Gasteiger partial charge in [-0.1, -0.05) is 0 Å². The molecular weight excluding hydrogens is 290 g/mol. The lowest BCUT2D eigenvalue weighted by atomic mass is 10.1. The van der Waals surface area contributed by atoms with Gasteiger partial charge in [0.15, 0.2) is 0 Å². The minimum absolute atomic E-state index is 0.101. The first-order valence-corrected chi connectivity index (χ1v) is 7.64. The van der Waals surface area contributed by atoms with Crippen molar-refractivity contribution in [1.82, 2.24) is 10.3 Å². The van der Waals surface area contributed by atoms with Gasteiger partial charge in [0, 0.05) is 42.8 Å². The van der Waals surface area contributed by atoms with Crippen molar-refractivity contribution in [3.8, 4) is 0 Å². The summed E-state index contributed by atoms with van der Waals surface area (Å²) in [5, 5.41) is 11.9. The molecule has 0 fully saturated rings. The molecule has 1 heterocycles. The van der Waals surface area contributed by atoms with Gasteiger partial charge in [-0.3, -0.25) is 9.78 Å². The number of rotatable bonds is 6. The molecule has 0 atom stereocenters. The van der Waals surface area contributed by atoms with Crippen molar-refractivity contribution in [3.63, 3.8) is 0 Å². The molecule has 0 spiro atoms. The first-order chi connectivity index (χ1) is 11.0. The molecule has 1 aromatic heterocycles. The smallest absolute Gasteiger partial charge is 0.251 e. The lowest BCUT2D eigenvalue weighted by Crippen LogP contribution is -2.24. The fourth-order valence-corrected chi connectivity index (χ4v) is 2.45. The van der Waals surface area contributed by atoms with Crippen LogP contribution in [0.3, 0.4) is 0 Å². The number of pyridine rings is 1. The maximum absolute atomic E-state index is 12.2. The van der Waals surface area contributed by atoms with Gasteiger partial charge in [-0.25, -0.2) is 0 Å². The lowest BCUT2D eigenvalue weighted by Gasteiger charge is -2.18. The van der Waals surface area contributed by atoms with Crippen molar-refractivity contribution < 1.29 is 9.90 Å². The maximum atomic E-state index is 12.2. The molecule has 23 heavy (non-hydrogen) atoms. The molecule has 0 saturated carbocycles. The molecule has 0 unspecified atom stereocenters. The van der Waals surface area contributed by atoms with Gasteiger partial charge < -0.3 is 15.3 Å². The van der Waals surface area contributed by atoms with Gasteiger partial charge in [0.25, 0.3) is 5.91 Å². The quantitative estimate of drug-likeness (QED) is 0.857. The standard InChI is InChI=1S/C18H23N3O2/c1-13-10-15(11-14(2)20-13)12-19-18(23)16-4-6-17(7-5-16)21(3)8-9-22/h4-7,10-11,22H,8-9,12H2,1-3H3,(H,19,23). The van der Waals surface area contributed by atoms with Crippen LogP contribution >= 0.6 is 0 Å². The van der Waals surface area contributed by atoms with Gasteiger partial charge in [-0.2, -0.15) is 0 Å². The molecule has 0 radical (unpaired) electrons. The van der Waals surface area contributed by atoms with Crippen molar-refractivity contribution in [3.05, 3.63) is 58.9 Å². The third kappa shape index (κ3) is 4.79. The summed E-state index contributed by atoms with van der Waals surface area (Å²) in [4.78, 5) is 18.5. The second-order valence-corrected chi connectivity index (χ2v) is 5.63. The number of amides is 1. The molecule has 2 N–H and O–H groups in total. The van der Waals surface area contributed by atoms with Crippen LogP contribution in [-0.2, 0) is 6.54 Å². The van der Waals surface area contributed by atoms with E-state index in [0.29, 0.717) is 18.7 Å². The van der Waals surface area contributed by atoms with E-state index in [-0.39, 0.29) is 12.5 Å². The summed E-state index contributed by atoms with van der Waals surface area (Å²) in [5.41, 5.74) is 4.53. The molecule has 0 saturated heterocycles. The molecule has 0 aliphatic rings. The van der Waals surface area contributed by atoms with E-state index in [1.54, 1.807) is 12.1 Å². The number of nitrogens with one attached hydrogen (secondary N) is 1. The number of benzene rings is 1. The third-order valence-electron chi connectivity index (χ3n) is 3.60. The molecule has 2 aromatic rings. The summed E-state index contributed by atoms with van der Waals surface area (Å²) >= 11 is 0. The monoisotopic (exact) mass is 313 g/mol. The topological polar surface area (TPSA) is 65.5 Å². The van der Waals surface area contributed by atoms with E-state index in [1.165, 1.54) is 0 Å². The van der Waals surface area contributed by atoms with E-state index in [2.05, 4.69) is 10.3 Å². The van der Waals surface area contributed by atoms with E-state index < -0.39 is 0 Å². The van der Waals surface area contributed by atoms with E-state index in [9.17, 15) is 4.79 Å². The van der Waals surface area contributed by atoms with Crippen molar-refractivity contribution in [2.75, 3.05) is 25.1 Å². The highest BCUT2D eigenvalue weighted by molar-refractivity contribution is 5.94. The van der Waals surface area contributed by atoms with E-state index in [1.807, 2.05) is 50.1 Å². The Morgan fingerprint density at radius 1 is 1.17 bits per heavy atom. The van der Waals surface area contributed by atoms with Crippen LogP contribution in [0.1, 0.15) is 27.3 Å². The van der Waals surface area contributed by atoms with E-state index in [4.69, 9.17) is 5.11 Å². The van der Waals surface area contributed by atoms with Gasteiger partial charge in [-0.15, -0.1) is 0 Å². The Bertz CT molecular complexity index is 648. The Morgan fingerprint density at radius 2 is 1.78 bits per heavy atom. The predicted molar refractivity (Wildman–Crippen MR) is 91.7 cm³/mol. The summed E-state index contributed by atoms with van der Waals surface area (Å²) in [6.45, 7) is 5.03. The number of hydrogen-bond acceptors (Lipinski definition) is 4. The zero-order valence-electron chi connectivity index (χ0n) is 13.8. The number of carbonyl (C=O) groups excluding carboxylic acids is 1. The van der Waals surface area contributed by atoms with Crippen LogP contribution in [0.5, 0.6) is 0 Å². The first-order valence-electron chi connectivity index (χ1n) is 7.64. The van der Waals surface area contributed by atoms with Crippen molar-refractivity contribution >= 4 is 11.6 Å². The molecule has 0 aliphatic heterocycles. The zero-order valence-corrected chi connectivity index (χ0v) is 13.8. The minimum Gasteiger partial charge on any atom is -0.395 e. The SMILES string of the molecule is Cc1cc(CNC(=O)c2ccc(N(C)CCO)cc2)cc(C)n1. The molecule has 0 aliphatic carbocycles. The Balaban J connectivity index is 1.97. The Labute approximate surface area is 137 Å². The highest BCUT2D eigenvalue weighted by Crippen LogP contribution is 2.13. The summed E-state index contributed by atoms with van der Waals surface area (Å²) < 4.78 is 0. The van der Waals surface area contributed by atoms with Crippen LogP contribution in [0.25, 0.3) is 0 Å². The van der Waals surface area contributed by atoms with Crippen molar-refractivity contribution in [2.45, 2.75) is 20.4 Å². The highest BCUT2D eigenvalue weighted by Gasteiger charge is 2.07. The van der Waals surface area contributed by atoms with Gasteiger partial charge >= 0.3 is 0 Å². The van der Waals surface area contributed by atoms with Crippen LogP contribution < -0.4 is 10.2 Å². The van der Waals surface area contributed by atoms with Crippen LogP contribution in [0.4, 0.5) is 5.69 Å². The normalized spacial score (nSPS) is 10.4.